The molecule has 19 heavy (non-hydrogen) atoms. The number of aromatic nitrogens is 4. The van der Waals surface area contributed by atoms with Gasteiger partial charge in [-0.15, -0.1) is 5.10 Å². The summed E-state index contributed by atoms with van der Waals surface area (Å²) in [6, 6.07) is 5.43. The number of hydrogen-bond acceptors (Lipinski definition) is 4. The Hall–Kier alpha value is -1.62. The number of rotatable bonds is 3. The van der Waals surface area contributed by atoms with Gasteiger partial charge in [-0.25, -0.2) is 4.68 Å². The molecule has 1 aromatic heterocycles. The average molecular weight is 278 g/mol. The average Bonchev–Trinajstić information content (AvgIpc) is 3.09. The van der Waals surface area contributed by atoms with Gasteiger partial charge in [0.1, 0.15) is 0 Å². The van der Waals surface area contributed by atoms with E-state index in [2.05, 4.69) is 29.4 Å². The van der Waals surface area contributed by atoms with Crippen molar-refractivity contribution in [2.45, 2.75) is 32.2 Å². The standard InChI is InChI=1S/C13H16ClN5/c1-13(2,8-6-7-8)19-12(16-17-18-19)11-9(14)4-3-5-10(11)15/h3-5,8H,6-7,15H2,1-2H3. The Kier molecular flexibility index (Phi) is 2.74. The van der Waals surface area contributed by atoms with Gasteiger partial charge in [0, 0.05) is 5.69 Å². The van der Waals surface area contributed by atoms with Crippen molar-refractivity contribution in [3.8, 4) is 11.4 Å². The maximum Gasteiger partial charge on any atom is 0.186 e. The second-order valence-electron chi connectivity index (χ2n) is 5.55. The number of nitrogen functional groups attached to an aromatic ring is 1. The first-order chi connectivity index (χ1) is 9.01. The van der Waals surface area contributed by atoms with E-state index in [-0.39, 0.29) is 5.54 Å². The van der Waals surface area contributed by atoms with Crippen LogP contribution in [0.5, 0.6) is 0 Å². The van der Waals surface area contributed by atoms with Crippen molar-refractivity contribution in [1.29, 1.82) is 0 Å². The van der Waals surface area contributed by atoms with E-state index in [0.29, 0.717) is 28.0 Å². The smallest absolute Gasteiger partial charge is 0.186 e. The minimum atomic E-state index is -0.121. The van der Waals surface area contributed by atoms with E-state index in [9.17, 15) is 0 Å². The van der Waals surface area contributed by atoms with E-state index in [0.717, 1.165) is 0 Å². The van der Waals surface area contributed by atoms with Gasteiger partial charge < -0.3 is 5.73 Å². The molecule has 1 aliphatic rings. The van der Waals surface area contributed by atoms with E-state index in [4.69, 9.17) is 17.3 Å². The van der Waals surface area contributed by atoms with Gasteiger partial charge in [-0.05, 0) is 55.2 Å². The second kappa shape index (κ2) is 4.20. The molecular formula is C13H16ClN5. The van der Waals surface area contributed by atoms with Crippen molar-refractivity contribution >= 4 is 17.3 Å². The molecule has 3 rings (SSSR count). The molecule has 0 saturated heterocycles. The van der Waals surface area contributed by atoms with E-state index >= 15 is 0 Å². The van der Waals surface area contributed by atoms with Crippen LogP contribution in [0.25, 0.3) is 11.4 Å². The summed E-state index contributed by atoms with van der Waals surface area (Å²) >= 11 is 6.25. The molecule has 5 nitrogen and oxygen atoms in total. The number of halogens is 1. The summed E-state index contributed by atoms with van der Waals surface area (Å²) < 4.78 is 1.85. The van der Waals surface area contributed by atoms with E-state index < -0.39 is 0 Å². The fourth-order valence-electron chi connectivity index (χ4n) is 2.47. The Morgan fingerprint density at radius 2 is 2.11 bits per heavy atom. The van der Waals surface area contributed by atoms with Gasteiger partial charge in [0.05, 0.1) is 16.1 Å². The summed E-state index contributed by atoms with van der Waals surface area (Å²) in [7, 11) is 0. The number of hydrogen-bond donors (Lipinski definition) is 1. The number of anilines is 1. The minimum absolute atomic E-state index is 0.121. The quantitative estimate of drug-likeness (QED) is 0.876. The molecule has 1 saturated carbocycles. The van der Waals surface area contributed by atoms with E-state index in [1.165, 1.54) is 12.8 Å². The van der Waals surface area contributed by atoms with Crippen LogP contribution in [0.2, 0.25) is 5.02 Å². The Morgan fingerprint density at radius 1 is 1.37 bits per heavy atom. The maximum atomic E-state index is 6.25. The third-order valence-corrected chi connectivity index (χ3v) is 4.18. The van der Waals surface area contributed by atoms with Gasteiger partial charge in [-0.3, -0.25) is 0 Å². The van der Waals surface area contributed by atoms with Gasteiger partial charge in [0.15, 0.2) is 5.82 Å². The predicted octanol–water partition coefficient (Wildman–Crippen LogP) is 2.72. The Bertz CT molecular complexity index is 595. The van der Waals surface area contributed by atoms with Crippen LogP contribution in [0.3, 0.4) is 0 Å². The molecule has 0 radical (unpaired) electrons. The first-order valence-corrected chi connectivity index (χ1v) is 6.73. The molecule has 0 unspecified atom stereocenters. The highest BCUT2D eigenvalue weighted by Gasteiger charge is 2.42. The summed E-state index contributed by atoms with van der Waals surface area (Å²) in [5.41, 5.74) is 7.21. The maximum absolute atomic E-state index is 6.25. The normalized spacial score (nSPS) is 15.7. The van der Waals surface area contributed by atoms with Crippen LogP contribution in [0.15, 0.2) is 18.2 Å². The number of tetrazole rings is 1. The zero-order chi connectivity index (χ0) is 13.6. The zero-order valence-electron chi connectivity index (χ0n) is 11.0. The number of nitrogens with zero attached hydrogens (tertiary/aromatic N) is 4. The summed E-state index contributed by atoms with van der Waals surface area (Å²) in [6.45, 7) is 4.30. The molecule has 100 valence electrons. The van der Waals surface area contributed by atoms with Crippen molar-refractivity contribution in [3.05, 3.63) is 23.2 Å². The predicted molar refractivity (Wildman–Crippen MR) is 74.7 cm³/mol. The molecule has 6 heteroatoms. The molecular weight excluding hydrogens is 262 g/mol. The monoisotopic (exact) mass is 277 g/mol. The fraction of sp³-hybridized carbons (Fsp3) is 0.462. The SMILES string of the molecule is CC(C)(C1CC1)n1nnnc1-c1c(N)cccc1Cl. The molecule has 2 N–H and O–H groups in total. The first-order valence-electron chi connectivity index (χ1n) is 6.35. The molecule has 0 spiro atoms. The van der Waals surface area contributed by atoms with Crippen LogP contribution in [0, 0.1) is 5.92 Å². The second-order valence-corrected chi connectivity index (χ2v) is 5.95. The van der Waals surface area contributed by atoms with Crippen LogP contribution >= 0.6 is 11.6 Å². The highest BCUT2D eigenvalue weighted by Crippen LogP contribution is 2.45. The van der Waals surface area contributed by atoms with Crippen molar-refractivity contribution in [2.75, 3.05) is 5.73 Å². The molecule has 0 amide bonds. The molecule has 0 bridgehead atoms. The van der Waals surface area contributed by atoms with Gasteiger partial charge in [-0.1, -0.05) is 17.7 Å². The lowest BCUT2D eigenvalue weighted by Crippen LogP contribution is -2.31. The minimum Gasteiger partial charge on any atom is -0.398 e. The van der Waals surface area contributed by atoms with Crippen LogP contribution in [-0.2, 0) is 5.54 Å². The molecule has 0 aliphatic heterocycles. The largest absolute Gasteiger partial charge is 0.398 e. The lowest BCUT2D eigenvalue weighted by atomic mass is 9.98. The van der Waals surface area contributed by atoms with E-state index in [1.807, 2.05) is 16.8 Å². The Labute approximate surface area is 116 Å². The van der Waals surface area contributed by atoms with Crippen LogP contribution in [0.4, 0.5) is 5.69 Å². The fourth-order valence-corrected chi connectivity index (χ4v) is 2.74. The van der Waals surface area contributed by atoms with Crippen molar-refractivity contribution < 1.29 is 0 Å². The van der Waals surface area contributed by atoms with Gasteiger partial charge in [0.25, 0.3) is 0 Å². The molecule has 1 heterocycles. The van der Waals surface area contributed by atoms with Crippen LogP contribution in [0.1, 0.15) is 26.7 Å². The lowest BCUT2D eigenvalue weighted by Gasteiger charge is -2.26. The molecule has 2 aromatic rings. The summed E-state index contributed by atoms with van der Waals surface area (Å²) in [4.78, 5) is 0. The summed E-state index contributed by atoms with van der Waals surface area (Å²) in [5.74, 6) is 1.25. The van der Waals surface area contributed by atoms with Gasteiger partial charge >= 0.3 is 0 Å². The summed E-state index contributed by atoms with van der Waals surface area (Å²) in [5, 5.41) is 12.6. The Morgan fingerprint density at radius 3 is 2.74 bits per heavy atom. The third kappa shape index (κ3) is 1.98. The lowest BCUT2D eigenvalue weighted by molar-refractivity contribution is 0.271. The number of nitrogens with two attached hydrogens (primary N) is 1. The molecule has 0 atom stereocenters. The molecule has 1 aliphatic carbocycles. The van der Waals surface area contributed by atoms with Gasteiger partial charge in [-0.2, -0.15) is 0 Å². The molecule has 1 aromatic carbocycles. The first kappa shape index (κ1) is 12.4. The van der Waals surface area contributed by atoms with E-state index in [1.54, 1.807) is 6.07 Å². The highest BCUT2D eigenvalue weighted by atomic mass is 35.5. The van der Waals surface area contributed by atoms with Crippen molar-refractivity contribution in [2.24, 2.45) is 5.92 Å². The van der Waals surface area contributed by atoms with Gasteiger partial charge in [0.2, 0.25) is 0 Å². The molecule has 1 fully saturated rings. The number of benzene rings is 1. The van der Waals surface area contributed by atoms with Crippen molar-refractivity contribution in [3.63, 3.8) is 0 Å². The van der Waals surface area contributed by atoms with Crippen LogP contribution in [-0.4, -0.2) is 20.2 Å². The van der Waals surface area contributed by atoms with Crippen LogP contribution < -0.4 is 5.73 Å². The Balaban J connectivity index is 2.15. The zero-order valence-corrected chi connectivity index (χ0v) is 11.7. The van der Waals surface area contributed by atoms with Crippen molar-refractivity contribution in [1.82, 2.24) is 20.2 Å². The topological polar surface area (TPSA) is 69.6 Å². The highest BCUT2D eigenvalue weighted by molar-refractivity contribution is 6.33. The summed E-state index contributed by atoms with van der Waals surface area (Å²) in [6.07, 6.45) is 2.43. The third-order valence-electron chi connectivity index (χ3n) is 3.86.